The largest absolute Gasteiger partial charge is 0.489 e. The van der Waals surface area contributed by atoms with Crippen molar-refractivity contribution in [3.63, 3.8) is 0 Å². The summed E-state index contributed by atoms with van der Waals surface area (Å²) in [5.74, 6) is 7.76. The van der Waals surface area contributed by atoms with Gasteiger partial charge in [0.2, 0.25) is 0 Å². The number of aliphatic hydroxyl groups is 1. The lowest BCUT2D eigenvalue weighted by Crippen LogP contribution is -2.25. The zero-order valence-electron chi connectivity index (χ0n) is 12.3. The fourth-order valence-corrected chi connectivity index (χ4v) is 2.79. The van der Waals surface area contributed by atoms with Gasteiger partial charge in [-0.1, -0.05) is 43.7 Å². The van der Waals surface area contributed by atoms with Gasteiger partial charge in [0.25, 0.3) is 0 Å². The number of aliphatic hydroxyl groups excluding tert-OH is 1. The highest BCUT2D eigenvalue weighted by molar-refractivity contribution is 5.46. The van der Waals surface area contributed by atoms with Crippen LogP contribution in [0, 0.1) is 17.8 Å². The summed E-state index contributed by atoms with van der Waals surface area (Å²) in [5, 5.41) is 8.80. The van der Waals surface area contributed by atoms with Gasteiger partial charge < -0.3 is 9.84 Å². The molecule has 1 N–H and O–H groups in total. The predicted molar refractivity (Wildman–Crippen MR) is 81.7 cm³/mol. The lowest BCUT2D eigenvalue weighted by molar-refractivity contribution is 0.122. The number of para-hydroxylation sites is 1. The quantitative estimate of drug-likeness (QED) is 0.845. The van der Waals surface area contributed by atoms with E-state index in [0.29, 0.717) is 12.5 Å². The number of rotatable bonds is 4. The van der Waals surface area contributed by atoms with Gasteiger partial charge in [0, 0.05) is 6.42 Å². The molecule has 0 spiro atoms. The van der Waals surface area contributed by atoms with Crippen LogP contribution in [0.1, 0.15) is 51.0 Å². The molecular weight excluding hydrogens is 248 g/mol. The highest BCUT2D eigenvalue weighted by atomic mass is 16.5. The van der Waals surface area contributed by atoms with Gasteiger partial charge in [-0.05, 0) is 37.3 Å². The standard InChI is InChI=1S/C18H24O2/c1-2-15-8-7-11-17(14-15)20-18-12-4-3-9-16(18)10-5-6-13-19/h3-4,9,12,15,17,19H,2,6-8,11,13-14H2,1H3. The molecule has 1 aliphatic carbocycles. The molecule has 0 saturated heterocycles. The average Bonchev–Trinajstić information content (AvgIpc) is 2.49. The normalized spacial score (nSPS) is 21.9. The molecule has 0 bridgehead atoms. The minimum absolute atomic E-state index is 0.108. The maximum atomic E-state index is 8.80. The van der Waals surface area contributed by atoms with Gasteiger partial charge >= 0.3 is 0 Å². The van der Waals surface area contributed by atoms with Crippen LogP contribution in [0.25, 0.3) is 0 Å². The van der Waals surface area contributed by atoms with Crippen LogP contribution in [0.3, 0.4) is 0 Å². The Labute approximate surface area is 122 Å². The molecular formula is C18H24O2. The molecule has 2 atom stereocenters. The first-order valence-electron chi connectivity index (χ1n) is 7.69. The van der Waals surface area contributed by atoms with Crippen molar-refractivity contribution < 1.29 is 9.84 Å². The lowest BCUT2D eigenvalue weighted by Gasteiger charge is -2.29. The monoisotopic (exact) mass is 272 g/mol. The maximum Gasteiger partial charge on any atom is 0.135 e. The van der Waals surface area contributed by atoms with Crippen molar-refractivity contribution in [3.05, 3.63) is 29.8 Å². The van der Waals surface area contributed by atoms with E-state index < -0.39 is 0 Å². The minimum Gasteiger partial charge on any atom is -0.489 e. The van der Waals surface area contributed by atoms with Crippen LogP contribution in [0.4, 0.5) is 0 Å². The summed E-state index contributed by atoms with van der Waals surface area (Å²) in [7, 11) is 0. The van der Waals surface area contributed by atoms with Crippen LogP contribution in [0.15, 0.2) is 24.3 Å². The molecule has 1 saturated carbocycles. The van der Waals surface area contributed by atoms with Crippen LogP contribution in [0.2, 0.25) is 0 Å². The zero-order chi connectivity index (χ0) is 14.2. The summed E-state index contributed by atoms with van der Waals surface area (Å²) in [6, 6.07) is 7.95. The summed E-state index contributed by atoms with van der Waals surface area (Å²) in [4.78, 5) is 0. The summed E-state index contributed by atoms with van der Waals surface area (Å²) in [5.41, 5.74) is 0.930. The van der Waals surface area contributed by atoms with Crippen LogP contribution in [0.5, 0.6) is 5.75 Å². The van der Waals surface area contributed by atoms with E-state index >= 15 is 0 Å². The Hall–Kier alpha value is -1.46. The van der Waals surface area contributed by atoms with E-state index in [-0.39, 0.29) is 6.61 Å². The second-order valence-electron chi connectivity index (χ2n) is 5.45. The molecule has 1 fully saturated rings. The Balaban J connectivity index is 2.03. The van der Waals surface area contributed by atoms with Crippen molar-refractivity contribution in [1.29, 1.82) is 0 Å². The van der Waals surface area contributed by atoms with Crippen molar-refractivity contribution in [3.8, 4) is 17.6 Å². The molecule has 0 heterocycles. The van der Waals surface area contributed by atoms with E-state index in [4.69, 9.17) is 9.84 Å². The molecule has 1 aromatic rings. The van der Waals surface area contributed by atoms with Crippen LogP contribution < -0.4 is 4.74 Å². The minimum atomic E-state index is 0.108. The molecule has 0 aliphatic heterocycles. The summed E-state index contributed by atoms with van der Waals surface area (Å²) >= 11 is 0. The average molecular weight is 272 g/mol. The van der Waals surface area contributed by atoms with Crippen LogP contribution >= 0.6 is 0 Å². The Morgan fingerprint density at radius 2 is 2.15 bits per heavy atom. The summed E-state index contributed by atoms with van der Waals surface area (Å²) in [6.45, 7) is 2.37. The molecule has 2 rings (SSSR count). The van der Waals surface area contributed by atoms with E-state index in [9.17, 15) is 0 Å². The summed E-state index contributed by atoms with van der Waals surface area (Å²) < 4.78 is 6.18. The van der Waals surface area contributed by atoms with Gasteiger partial charge in [0.1, 0.15) is 5.75 Å². The second kappa shape index (κ2) is 7.97. The van der Waals surface area contributed by atoms with Gasteiger partial charge in [-0.15, -0.1) is 0 Å². The molecule has 2 unspecified atom stereocenters. The number of hydrogen-bond acceptors (Lipinski definition) is 2. The lowest BCUT2D eigenvalue weighted by atomic mass is 9.85. The van der Waals surface area contributed by atoms with Crippen molar-refractivity contribution in [2.24, 2.45) is 5.92 Å². The first-order valence-corrected chi connectivity index (χ1v) is 7.69. The Kier molecular flexibility index (Phi) is 5.95. The van der Waals surface area contributed by atoms with Gasteiger partial charge in [0.15, 0.2) is 0 Å². The van der Waals surface area contributed by atoms with E-state index in [1.807, 2.05) is 24.3 Å². The van der Waals surface area contributed by atoms with Crippen molar-refractivity contribution in [2.75, 3.05) is 6.61 Å². The molecule has 2 nitrogen and oxygen atoms in total. The van der Waals surface area contributed by atoms with Gasteiger partial charge in [0.05, 0.1) is 18.3 Å². The Bertz CT molecular complexity index is 470. The highest BCUT2D eigenvalue weighted by Gasteiger charge is 2.22. The second-order valence-corrected chi connectivity index (χ2v) is 5.45. The topological polar surface area (TPSA) is 29.5 Å². The van der Waals surface area contributed by atoms with Gasteiger partial charge in [-0.2, -0.15) is 0 Å². The van der Waals surface area contributed by atoms with Crippen molar-refractivity contribution in [1.82, 2.24) is 0 Å². The van der Waals surface area contributed by atoms with E-state index in [2.05, 4.69) is 18.8 Å². The van der Waals surface area contributed by atoms with Gasteiger partial charge in [-0.25, -0.2) is 0 Å². The fraction of sp³-hybridized carbons (Fsp3) is 0.556. The first-order chi connectivity index (χ1) is 9.83. The third-order valence-corrected chi connectivity index (χ3v) is 3.95. The maximum absolute atomic E-state index is 8.80. The smallest absolute Gasteiger partial charge is 0.135 e. The third-order valence-electron chi connectivity index (χ3n) is 3.95. The Morgan fingerprint density at radius 1 is 1.30 bits per heavy atom. The fourth-order valence-electron chi connectivity index (χ4n) is 2.79. The molecule has 0 amide bonds. The van der Waals surface area contributed by atoms with Crippen LogP contribution in [-0.4, -0.2) is 17.8 Å². The van der Waals surface area contributed by atoms with E-state index in [1.54, 1.807) is 0 Å². The van der Waals surface area contributed by atoms with E-state index in [0.717, 1.165) is 30.1 Å². The van der Waals surface area contributed by atoms with Crippen molar-refractivity contribution >= 4 is 0 Å². The molecule has 20 heavy (non-hydrogen) atoms. The van der Waals surface area contributed by atoms with E-state index in [1.165, 1.54) is 19.3 Å². The summed E-state index contributed by atoms with van der Waals surface area (Å²) in [6.07, 6.45) is 7.00. The molecule has 0 radical (unpaired) electrons. The third kappa shape index (κ3) is 4.28. The molecule has 2 heteroatoms. The SMILES string of the molecule is CCC1CCCC(Oc2ccccc2C#CCCO)C1. The van der Waals surface area contributed by atoms with Gasteiger partial charge in [-0.3, -0.25) is 0 Å². The Morgan fingerprint density at radius 3 is 2.95 bits per heavy atom. The van der Waals surface area contributed by atoms with Crippen LogP contribution in [-0.2, 0) is 0 Å². The molecule has 0 aromatic heterocycles. The molecule has 1 aromatic carbocycles. The first kappa shape index (κ1) is 14.9. The highest BCUT2D eigenvalue weighted by Crippen LogP contribution is 2.30. The number of ether oxygens (including phenoxy) is 1. The predicted octanol–water partition coefficient (Wildman–Crippen LogP) is 3.77. The molecule has 108 valence electrons. The van der Waals surface area contributed by atoms with Crippen molar-refractivity contribution in [2.45, 2.75) is 51.6 Å². The zero-order valence-corrected chi connectivity index (χ0v) is 12.3. The number of benzene rings is 1. The number of hydrogen-bond donors (Lipinski definition) is 1. The molecule has 1 aliphatic rings.